The first-order chi connectivity index (χ1) is 20.7. The average molecular weight is 674 g/mol. The zero-order valence-electron chi connectivity index (χ0n) is 23.3. The van der Waals surface area contributed by atoms with Gasteiger partial charge in [0.15, 0.2) is 9.84 Å². The zero-order chi connectivity index (χ0) is 33.6. The summed E-state index contributed by atoms with van der Waals surface area (Å²) in [6.45, 7) is -0.793. The third-order valence-electron chi connectivity index (χ3n) is 8.67. The second-order valence-corrected chi connectivity index (χ2v) is 13.6. The van der Waals surface area contributed by atoms with Crippen molar-refractivity contribution in [2.24, 2.45) is 11.8 Å². The van der Waals surface area contributed by atoms with E-state index in [9.17, 15) is 62.6 Å². The minimum Gasteiger partial charge on any atom is -0.481 e. The van der Waals surface area contributed by atoms with E-state index in [2.05, 4.69) is 0 Å². The Morgan fingerprint density at radius 3 is 1.96 bits per heavy atom. The molecule has 2 aromatic carbocycles. The van der Waals surface area contributed by atoms with Gasteiger partial charge in [-0.1, -0.05) is 36.4 Å². The second kappa shape index (κ2) is 12.1. The van der Waals surface area contributed by atoms with Crippen LogP contribution in [0.4, 0.5) is 39.5 Å². The van der Waals surface area contributed by atoms with Crippen LogP contribution in [0, 0.1) is 11.8 Å². The lowest BCUT2D eigenvalue weighted by molar-refractivity contribution is -0.348. The number of likely N-dealkylation sites (tertiary alicyclic amines) is 1. The molecule has 0 aromatic heterocycles. The summed E-state index contributed by atoms with van der Waals surface area (Å²) >= 11 is 0. The molecule has 2 aliphatic rings. The fourth-order valence-corrected chi connectivity index (χ4v) is 8.31. The number of hydrogen-bond donors (Lipinski definition) is 1. The van der Waals surface area contributed by atoms with Crippen molar-refractivity contribution < 1.29 is 62.6 Å². The third kappa shape index (κ3) is 6.26. The predicted molar refractivity (Wildman–Crippen MR) is 141 cm³/mol. The van der Waals surface area contributed by atoms with Crippen molar-refractivity contribution in [2.45, 2.75) is 72.6 Å². The lowest BCUT2D eigenvalue weighted by Crippen LogP contribution is -2.50. The molecule has 0 radical (unpaired) electrons. The maximum atomic E-state index is 14.7. The van der Waals surface area contributed by atoms with Gasteiger partial charge in [-0.15, -0.1) is 0 Å². The Kier molecular flexibility index (Phi) is 9.32. The molecule has 1 unspecified atom stereocenters. The molecule has 248 valence electrons. The molecule has 16 heteroatoms. The molecule has 1 saturated heterocycles. The molecule has 1 aliphatic carbocycles. The normalized spacial score (nSPS) is 23.4. The smallest absolute Gasteiger partial charge is 0.435 e. The van der Waals surface area contributed by atoms with Crippen LogP contribution in [-0.2, 0) is 36.3 Å². The number of amides is 1. The number of carboxylic acid groups (broad SMARTS) is 1. The van der Waals surface area contributed by atoms with E-state index in [1.54, 1.807) is 0 Å². The van der Waals surface area contributed by atoms with E-state index in [0.717, 1.165) is 12.1 Å². The van der Waals surface area contributed by atoms with Gasteiger partial charge in [-0.25, -0.2) is 21.6 Å². The summed E-state index contributed by atoms with van der Waals surface area (Å²) in [6.07, 6.45) is -16.0. The highest BCUT2D eigenvalue weighted by molar-refractivity contribution is 7.92. The van der Waals surface area contributed by atoms with Crippen LogP contribution in [0.25, 0.3) is 0 Å². The molecule has 1 atom stereocenters. The van der Waals surface area contributed by atoms with Gasteiger partial charge in [0.1, 0.15) is 4.75 Å². The van der Waals surface area contributed by atoms with Crippen LogP contribution in [0.5, 0.6) is 0 Å². The van der Waals surface area contributed by atoms with Crippen molar-refractivity contribution in [1.29, 1.82) is 0 Å². The topological polar surface area (TPSA) is 91.8 Å². The van der Waals surface area contributed by atoms with Crippen molar-refractivity contribution in [3.05, 3.63) is 65.2 Å². The molecule has 2 aromatic rings. The number of carbonyl (C=O) groups excluding carboxylic acids is 1. The van der Waals surface area contributed by atoms with Gasteiger partial charge in [0.2, 0.25) is 12.3 Å². The number of hydrogen-bond acceptors (Lipinski definition) is 4. The van der Waals surface area contributed by atoms with E-state index < -0.39 is 86.2 Å². The van der Waals surface area contributed by atoms with Gasteiger partial charge in [-0.05, 0) is 55.4 Å². The molecule has 1 saturated carbocycles. The van der Waals surface area contributed by atoms with E-state index in [4.69, 9.17) is 0 Å². The van der Waals surface area contributed by atoms with Crippen molar-refractivity contribution >= 4 is 21.7 Å². The molecule has 0 bridgehead atoms. The highest BCUT2D eigenvalue weighted by Gasteiger charge is 2.73. The molecular formula is C29H28F9NO5S. The van der Waals surface area contributed by atoms with Crippen LogP contribution < -0.4 is 0 Å². The van der Waals surface area contributed by atoms with E-state index in [1.165, 1.54) is 17.0 Å². The number of sulfone groups is 1. The maximum Gasteiger partial charge on any atom is 0.435 e. The molecule has 1 heterocycles. The summed E-state index contributed by atoms with van der Waals surface area (Å²) in [5.74, 6) is -2.82. The SMILES string of the molecule is O=C(O)C1CCC(C(=O)N2CCC(c3ccc(C(F)(C(F)(F)F)C(F)(F)F)cc3)(S(=O)(=O)c3cccc(CC(F)F)c3)C2)CC1. The van der Waals surface area contributed by atoms with E-state index in [1.807, 2.05) is 0 Å². The van der Waals surface area contributed by atoms with Gasteiger partial charge in [0.05, 0.1) is 10.8 Å². The van der Waals surface area contributed by atoms with Crippen molar-refractivity contribution in [1.82, 2.24) is 4.90 Å². The van der Waals surface area contributed by atoms with Gasteiger partial charge >= 0.3 is 24.0 Å². The number of aliphatic carboxylic acids is 1. The summed E-state index contributed by atoms with van der Waals surface area (Å²) in [7, 11) is -4.69. The molecule has 1 aliphatic heterocycles. The molecule has 0 spiro atoms. The first-order valence-electron chi connectivity index (χ1n) is 13.8. The Bertz CT molecular complexity index is 1500. The summed E-state index contributed by atoms with van der Waals surface area (Å²) in [5, 5.41) is 9.24. The Morgan fingerprint density at radius 2 is 1.44 bits per heavy atom. The predicted octanol–water partition coefficient (Wildman–Crippen LogP) is 6.58. The van der Waals surface area contributed by atoms with Crippen molar-refractivity contribution in [3.63, 3.8) is 0 Å². The summed E-state index contributed by atoms with van der Waals surface area (Å²) in [6, 6.07) is 6.18. The highest BCUT2D eigenvalue weighted by atomic mass is 32.2. The monoisotopic (exact) mass is 673 g/mol. The van der Waals surface area contributed by atoms with Crippen LogP contribution in [-0.4, -0.2) is 62.2 Å². The largest absolute Gasteiger partial charge is 0.481 e. The first kappa shape index (κ1) is 34.6. The molecule has 2 fully saturated rings. The first-order valence-corrected chi connectivity index (χ1v) is 15.3. The van der Waals surface area contributed by atoms with Gasteiger partial charge in [-0.3, -0.25) is 9.59 Å². The summed E-state index contributed by atoms with van der Waals surface area (Å²) in [4.78, 5) is 25.5. The molecule has 6 nitrogen and oxygen atoms in total. The number of halogens is 9. The molecule has 45 heavy (non-hydrogen) atoms. The number of benzene rings is 2. The van der Waals surface area contributed by atoms with Crippen LogP contribution >= 0.6 is 0 Å². The number of rotatable bonds is 8. The van der Waals surface area contributed by atoms with Gasteiger partial charge in [0, 0.05) is 31.0 Å². The van der Waals surface area contributed by atoms with Gasteiger partial charge in [-0.2, -0.15) is 26.3 Å². The number of nitrogens with zero attached hydrogens (tertiary/aromatic N) is 1. The lowest BCUT2D eigenvalue weighted by Gasteiger charge is -2.33. The minimum atomic E-state index is -6.40. The Labute approximate surface area is 252 Å². The average Bonchev–Trinajstić information content (AvgIpc) is 3.42. The lowest BCUT2D eigenvalue weighted by atomic mass is 9.81. The van der Waals surface area contributed by atoms with Gasteiger partial charge < -0.3 is 10.0 Å². The fraction of sp³-hybridized carbons (Fsp3) is 0.517. The fourth-order valence-electron chi connectivity index (χ4n) is 6.16. The quantitative estimate of drug-likeness (QED) is 0.320. The standard InChI is InChI=1S/C29H28F9NO5S/c30-23(31)15-17-2-1-3-22(14-17)45(43,44)26(12-13-39(16-26)24(40)18-4-6-19(7-5-18)25(41)42)20-8-10-21(11-9-20)27(32,28(33,34)35)29(36,37)38/h1-3,8-11,14,18-19,23H,4-7,12-13,15-16H2,(H,41,42). The number of alkyl halides is 9. The third-order valence-corrected chi connectivity index (χ3v) is 11.1. The highest BCUT2D eigenvalue weighted by Crippen LogP contribution is 2.54. The summed E-state index contributed by atoms with van der Waals surface area (Å²) in [5.41, 5.74) is -7.99. The summed E-state index contributed by atoms with van der Waals surface area (Å²) < 4.78 is 147. The van der Waals surface area contributed by atoms with E-state index in [0.29, 0.717) is 12.1 Å². The van der Waals surface area contributed by atoms with E-state index in [-0.39, 0.29) is 61.9 Å². The molecule has 1 N–H and O–H groups in total. The zero-order valence-corrected chi connectivity index (χ0v) is 24.2. The number of carboxylic acids is 1. The Balaban J connectivity index is 1.77. The minimum absolute atomic E-state index is 0.0599. The van der Waals surface area contributed by atoms with Crippen LogP contribution in [0.3, 0.4) is 0 Å². The molecular weight excluding hydrogens is 645 g/mol. The Morgan fingerprint density at radius 1 is 0.889 bits per heavy atom. The van der Waals surface area contributed by atoms with Gasteiger partial charge in [0.25, 0.3) is 0 Å². The Hall–Kier alpha value is -3.30. The molecule has 4 rings (SSSR count). The number of carbonyl (C=O) groups is 2. The van der Waals surface area contributed by atoms with Crippen molar-refractivity contribution in [3.8, 4) is 0 Å². The maximum absolute atomic E-state index is 14.7. The van der Waals surface area contributed by atoms with E-state index >= 15 is 0 Å². The van der Waals surface area contributed by atoms with Crippen molar-refractivity contribution in [2.75, 3.05) is 13.1 Å². The van der Waals surface area contributed by atoms with Crippen LogP contribution in [0.1, 0.15) is 48.8 Å². The van der Waals surface area contributed by atoms with Crippen LogP contribution in [0.2, 0.25) is 0 Å². The molecule has 1 amide bonds. The van der Waals surface area contributed by atoms with Crippen LogP contribution in [0.15, 0.2) is 53.4 Å². The second-order valence-electron chi connectivity index (χ2n) is 11.4.